The highest BCUT2D eigenvalue weighted by atomic mass is 32.2. The van der Waals surface area contributed by atoms with Crippen molar-refractivity contribution < 1.29 is 18.0 Å². The van der Waals surface area contributed by atoms with Crippen molar-refractivity contribution in [1.82, 2.24) is 14.7 Å². The van der Waals surface area contributed by atoms with Crippen molar-refractivity contribution in [1.29, 1.82) is 0 Å². The molecule has 1 aromatic carbocycles. The Hall–Kier alpha value is -1.93. The first kappa shape index (κ1) is 19.4. The van der Waals surface area contributed by atoms with Gasteiger partial charge in [-0.2, -0.15) is 0 Å². The van der Waals surface area contributed by atoms with E-state index >= 15 is 0 Å². The fourth-order valence-corrected chi connectivity index (χ4v) is 3.49. The van der Waals surface area contributed by atoms with E-state index < -0.39 is 15.9 Å². The van der Waals surface area contributed by atoms with Crippen LogP contribution in [0.2, 0.25) is 0 Å². The Bertz CT molecular complexity index is 744. The molecule has 1 fully saturated rings. The molecular weight excluding hydrogens is 342 g/mol. The largest absolute Gasteiger partial charge is 0.347 e. The Kier molecular flexibility index (Phi) is 5.84. The van der Waals surface area contributed by atoms with Gasteiger partial charge >= 0.3 is 0 Å². The van der Waals surface area contributed by atoms with Crippen molar-refractivity contribution in [3.63, 3.8) is 0 Å². The summed E-state index contributed by atoms with van der Waals surface area (Å²) in [6, 6.07) is 5.81. The molecule has 0 aromatic heterocycles. The molecular formula is C17H25N3O4S. The van der Waals surface area contributed by atoms with E-state index in [0.29, 0.717) is 13.1 Å². The summed E-state index contributed by atoms with van der Waals surface area (Å²) in [6.45, 7) is 1.73. The Morgan fingerprint density at radius 3 is 2.28 bits per heavy atom. The molecule has 0 aliphatic carbocycles. The van der Waals surface area contributed by atoms with Crippen LogP contribution in [0.5, 0.6) is 0 Å². The number of benzene rings is 1. The van der Waals surface area contributed by atoms with Gasteiger partial charge in [0.1, 0.15) is 6.04 Å². The number of piperazine rings is 1. The predicted octanol–water partition coefficient (Wildman–Crippen LogP) is -0.137. The summed E-state index contributed by atoms with van der Waals surface area (Å²) in [5, 5.41) is 0. The van der Waals surface area contributed by atoms with Crippen LogP contribution in [0.3, 0.4) is 0 Å². The van der Waals surface area contributed by atoms with Gasteiger partial charge in [-0.15, -0.1) is 0 Å². The Morgan fingerprint density at radius 1 is 1.16 bits per heavy atom. The number of hydrogen-bond donors (Lipinski definition) is 0. The summed E-state index contributed by atoms with van der Waals surface area (Å²) in [5.74, 6) is -0.215. The minimum Gasteiger partial charge on any atom is -0.347 e. The van der Waals surface area contributed by atoms with Crippen LogP contribution in [0.4, 0.5) is 0 Å². The number of carbonyl (C=O) groups excluding carboxylic acids is 2. The maximum absolute atomic E-state index is 12.7. The van der Waals surface area contributed by atoms with Gasteiger partial charge in [0.05, 0.1) is 11.3 Å². The summed E-state index contributed by atoms with van der Waals surface area (Å²) in [7, 11) is 2.05. The van der Waals surface area contributed by atoms with Gasteiger partial charge in [-0.3, -0.25) is 9.59 Å². The fourth-order valence-electron chi connectivity index (χ4n) is 2.86. The fraction of sp³-hybridized carbons (Fsp3) is 0.529. The minimum atomic E-state index is -3.26. The minimum absolute atomic E-state index is 0.0904. The number of rotatable bonds is 4. The van der Waals surface area contributed by atoms with E-state index in [4.69, 9.17) is 0 Å². The van der Waals surface area contributed by atoms with Crippen LogP contribution in [0.25, 0.3) is 0 Å². The van der Waals surface area contributed by atoms with Crippen LogP contribution in [0.1, 0.15) is 5.56 Å². The summed E-state index contributed by atoms with van der Waals surface area (Å²) >= 11 is 0. The first-order valence-corrected chi connectivity index (χ1v) is 9.97. The Labute approximate surface area is 149 Å². The van der Waals surface area contributed by atoms with E-state index in [1.807, 2.05) is 11.9 Å². The third kappa shape index (κ3) is 4.79. The lowest BCUT2D eigenvalue weighted by molar-refractivity contribution is -0.147. The molecule has 1 aromatic rings. The molecule has 1 saturated heterocycles. The van der Waals surface area contributed by atoms with Crippen LogP contribution in [-0.4, -0.2) is 88.0 Å². The first-order valence-electron chi connectivity index (χ1n) is 8.08. The lowest BCUT2D eigenvalue weighted by Crippen LogP contribution is -2.59. The normalized spacial score (nSPS) is 18.9. The second-order valence-electron chi connectivity index (χ2n) is 6.69. The smallest absolute Gasteiger partial charge is 0.246 e. The predicted molar refractivity (Wildman–Crippen MR) is 94.9 cm³/mol. The summed E-state index contributed by atoms with van der Waals surface area (Å²) in [5.41, 5.74) is 0.729. The summed E-state index contributed by atoms with van der Waals surface area (Å²) < 4.78 is 23.0. The highest BCUT2D eigenvalue weighted by Gasteiger charge is 2.34. The monoisotopic (exact) mass is 367 g/mol. The van der Waals surface area contributed by atoms with Crippen molar-refractivity contribution in [2.45, 2.75) is 17.4 Å². The zero-order valence-corrected chi connectivity index (χ0v) is 15.9. The number of amides is 2. The second kappa shape index (κ2) is 7.53. The molecule has 1 aliphatic rings. The average Bonchev–Trinajstić information content (AvgIpc) is 2.53. The van der Waals surface area contributed by atoms with Crippen molar-refractivity contribution in [3.8, 4) is 0 Å². The summed E-state index contributed by atoms with van der Waals surface area (Å²) in [4.78, 5) is 30.5. The highest BCUT2D eigenvalue weighted by molar-refractivity contribution is 7.90. The van der Waals surface area contributed by atoms with E-state index in [-0.39, 0.29) is 23.1 Å². The van der Waals surface area contributed by atoms with Crippen LogP contribution < -0.4 is 0 Å². The molecule has 2 rings (SSSR count). The maximum Gasteiger partial charge on any atom is 0.246 e. The molecule has 0 saturated carbocycles. The van der Waals surface area contributed by atoms with E-state index in [2.05, 4.69) is 0 Å². The van der Waals surface area contributed by atoms with Crippen molar-refractivity contribution in [2.24, 2.45) is 0 Å². The SMILES string of the molecule is CN1CCN(C(=O)Cc2ccc(S(C)(=O)=O)cc2)[C@@H](C(=O)N(C)C)C1. The van der Waals surface area contributed by atoms with E-state index in [1.165, 1.54) is 17.0 Å². The number of hydrogen-bond acceptors (Lipinski definition) is 5. The van der Waals surface area contributed by atoms with Crippen molar-refractivity contribution >= 4 is 21.7 Å². The number of nitrogens with zero attached hydrogens (tertiary/aromatic N) is 3. The van der Waals surface area contributed by atoms with Gasteiger partial charge in [0, 0.05) is 40.0 Å². The van der Waals surface area contributed by atoms with Gasteiger partial charge in [-0.05, 0) is 24.7 Å². The maximum atomic E-state index is 12.7. The molecule has 0 radical (unpaired) electrons. The molecule has 1 aliphatic heterocycles. The molecule has 8 heteroatoms. The van der Waals surface area contributed by atoms with Gasteiger partial charge in [-0.1, -0.05) is 12.1 Å². The standard InChI is InChI=1S/C17H25N3O4S/c1-18(2)17(22)15-12-19(3)9-10-20(15)16(21)11-13-5-7-14(8-6-13)25(4,23)24/h5-8,15H,9-12H2,1-4H3/t15-/m1/s1. The summed E-state index contributed by atoms with van der Waals surface area (Å²) in [6.07, 6.45) is 1.29. The molecule has 0 bridgehead atoms. The number of carbonyl (C=O) groups is 2. The Balaban J connectivity index is 2.13. The van der Waals surface area contributed by atoms with Crippen LogP contribution in [0.15, 0.2) is 29.2 Å². The number of likely N-dealkylation sites (N-methyl/N-ethyl adjacent to an activating group) is 2. The van der Waals surface area contributed by atoms with Crippen LogP contribution in [-0.2, 0) is 25.8 Å². The van der Waals surface area contributed by atoms with Gasteiger partial charge in [0.2, 0.25) is 11.8 Å². The lowest BCUT2D eigenvalue weighted by Gasteiger charge is -2.40. The molecule has 2 amide bonds. The van der Waals surface area contributed by atoms with E-state index in [1.54, 1.807) is 31.1 Å². The molecule has 7 nitrogen and oxygen atoms in total. The van der Waals surface area contributed by atoms with Crippen LogP contribution in [0, 0.1) is 0 Å². The van der Waals surface area contributed by atoms with E-state index in [0.717, 1.165) is 18.4 Å². The second-order valence-corrected chi connectivity index (χ2v) is 8.71. The Morgan fingerprint density at radius 2 is 1.76 bits per heavy atom. The molecule has 0 spiro atoms. The van der Waals surface area contributed by atoms with Crippen molar-refractivity contribution in [3.05, 3.63) is 29.8 Å². The van der Waals surface area contributed by atoms with Crippen LogP contribution >= 0.6 is 0 Å². The molecule has 1 atom stereocenters. The zero-order chi connectivity index (χ0) is 18.8. The third-order valence-electron chi connectivity index (χ3n) is 4.34. The van der Waals surface area contributed by atoms with Gasteiger partial charge < -0.3 is 14.7 Å². The van der Waals surface area contributed by atoms with Crippen molar-refractivity contribution in [2.75, 3.05) is 47.0 Å². The molecule has 1 heterocycles. The van der Waals surface area contributed by atoms with Gasteiger partial charge in [-0.25, -0.2) is 8.42 Å². The van der Waals surface area contributed by atoms with Gasteiger partial charge in [0.15, 0.2) is 9.84 Å². The highest BCUT2D eigenvalue weighted by Crippen LogP contribution is 2.15. The molecule has 0 unspecified atom stereocenters. The number of sulfone groups is 1. The topological polar surface area (TPSA) is 78.0 Å². The average molecular weight is 367 g/mol. The molecule has 138 valence electrons. The lowest BCUT2D eigenvalue weighted by atomic mass is 10.1. The third-order valence-corrected chi connectivity index (χ3v) is 5.46. The molecule has 0 N–H and O–H groups in total. The quantitative estimate of drug-likeness (QED) is 0.740. The zero-order valence-electron chi connectivity index (χ0n) is 15.1. The first-order chi connectivity index (χ1) is 11.6. The van der Waals surface area contributed by atoms with Gasteiger partial charge in [0.25, 0.3) is 0 Å². The molecule has 25 heavy (non-hydrogen) atoms. The van der Waals surface area contributed by atoms with E-state index in [9.17, 15) is 18.0 Å².